The molecule has 3 N–H and O–H groups in total. The minimum atomic E-state index is 0.339. The van der Waals surface area contributed by atoms with E-state index in [0.717, 1.165) is 5.69 Å². The molecular weight excluding hydrogens is 206 g/mol. The number of anilines is 1. The number of ether oxygens (including phenoxy) is 2. The Bertz CT molecular complexity index is 468. The summed E-state index contributed by atoms with van der Waals surface area (Å²) < 4.78 is 10.7. The predicted molar refractivity (Wildman–Crippen MR) is 60.3 cm³/mol. The van der Waals surface area contributed by atoms with Gasteiger partial charge in [-0.25, -0.2) is 0 Å². The monoisotopic (exact) mass is 219 g/mol. The van der Waals surface area contributed by atoms with Crippen LogP contribution in [0.2, 0.25) is 0 Å². The van der Waals surface area contributed by atoms with E-state index < -0.39 is 0 Å². The maximum Gasteiger partial charge on any atom is 0.161 e. The van der Waals surface area contributed by atoms with Crippen molar-refractivity contribution in [3.63, 3.8) is 0 Å². The van der Waals surface area contributed by atoms with Crippen molar-refractivity contribution in [2.75, 3.05) is 12.8 Å². The molecule has 0 amide bonds. The van der Waals surface area contributed by atoms with Crippen LogP contribution in [0.3, 0.4) is 0 Å². The van der Waals surface area contributed by atoms with Gasteiger partial charge in [0.05, 0.1) is 24.7 Å². The highest BCUT2D eigenvalue weighted by Crippen LogP contribution is 2.26. The molecule has 0 aliphatic carbocycles. The standard InChI is InChI=1S/C11H13N3O2/c1-15-10-4-2-3-5-11(10)16-7-9-8(12)6-13-14-9/h2-6H,7,12H2,1H3,(H,13,14). The Labute approximate surface area is 93.2 Å². The van der Waals surface area contributed by atoms with Gasteiger partial charge < -0.3 is 15.2 Å². The fourth-order valence-electron chi connectivity index (χ4n) is 1.33. The quantitative estimate of drug-likeness (QED) is 0.818. The second kappa shape index (κ2) is 4.57. The van der Waals surface area contributed by atoms with Crippen LogP contribution in [-0.4, -0.2) is 17.3 Å². The van der Waals surface area contributed by atoms with Crippen molar-refractivity contribution in [3.8, 4) is 11.5 Å². The minimum absolute atomic E-state index is 0.339. The summed E-state index contributed by atoms with van der Waals surface area (Å²) in [7, 11) is 1.60. The van der Waals surface area contributed by atoms with Crippen molar-refractivity contribution in [3.05, 3.63) is 36.2 Å². The van der Waals surface area contributed by atoms with Crippen molar-refractivity contribution in [2.24, 2.45) is 0 Å². The van der Waals surface area contributed by atoms with Gasteiger partial charge in [0.15, 0.2) is 11.5 Å². The first-order chi connectivity index (χ1) is 7.81. The van der Waals surface area contributed by atoms with E-state index in [-0.39, 0.29) is 0 Å². The Morgan fingerprint density at radius 2 is 2.06 bits per heavy atom. The van der Waals surface area contributed by atoms with Crippen molar-refractivity contribution < 1.29 is 9.47 Å². The maximum atomic E-state index is 5.67. The molecule has 5 heteroatoms. The van der Waals surface area contributed by atoms with Crippen LogP contribution in [0.15, 0.2) is 30.5 Å². The van der Waals surface area contributed by atoms with Crippen LogP contribution in [0.25, 0.3) is 0 Å². The highest BCUT2D eigenvalue weighted by Gasteiger charge is 2.05. The molecule has 0 saturated heterocycles. The Morgan fingerprint density at radius 3 is 2.69 bits per heavy atom. The van der Waals surface area contributed by atoms with Gasteiger partial charge in [-0.05, 0) is 12.1 Å². The van der Waals surface area contributed by atoms with E-state index in [4.69, 9.17) is 15.2 Å². The molecule has 5 nitrogen and oxygen atoms in total. The van der Waals surface area contributed by atoms with Gasteiger partial charge in [-0.1, -0.05) is 12.1 Å². The molecule has 1 aromatic carbocycles. The van der Waals surface area contributed by atoms with Gasteiger partial charge in [0.2, 0.25) is 0 Å². The van der Waals surface area contributed by atoms with E-state index in [1.165, 1.54) is 0 Å². The van der Waals surface area contributed by atoms with E-state index in [2.05, 4.69) is 10.2 Å². The molecule has 0 aliphatic rings. The number of nitrogens with one attached hydrogen (secondary N) is 1. The van der Waals surface area contributed by atoms with Crippen LogP contribution in [0.4, 0.5) is 5.69 Å². The number of nitrogens with zero attached hydrogens (tertiary/aromatic N) is 1. The van der Waals surface area contributed by atoms with E-state index >= 15 is 0 Å². The van der Waals surface area contributed by atoms with Crippen LogP contribution in [0.5, 0.6) is 11.5 Å². The zero-order chi connectivity index (χ0) is 11.4. The molecule has 0 spiro atoms. The number of hydrogen-bond donors (Lipinski definition) is 2. The number of nitrogen functional groups attached to an aromatic ring is 1. The summed E-state index contributed by atoms with van der Waals surface area (Å²) >= 11 is 0. The second-order valence-electron chi connectivity index (χ2n) is 3.24. The zero-order valence-corrected chi connectivity index (χ0v) is 8.93. The number of methoxy groups -OCH3 is 1. The molecule has 0 fully saturated rings. The largest absolute Gasteiger partial charge is 0.493 e. The molecule has 0 radical (unpaired) electrons. The van der Waals surface area contributed by atoms with Crippen molar-refractivity contribution >= 4 is 5.69 Å². The fourth-order valence-corrected chi connectivity index (χ4v) is 1.33. The molecule has 0 unspecified atom stereocenters. The maximum absolute atomic E-state index is 5.67. The Balaban J connectivity index is 2.07. The van der Waals surface area contributed by atoms with Crippen LogP contribution >= 0.6 is 0 Å². The van der Waals surface area contributed by atoms with Crippen molar-refractivity contribution in [1.29, 1.82) is 0 Å². The predicted octanol–water partition coefficient (Wildman–Crippen LogP) is 1.58. The lowest BCUT2D eigenvalue weighted by Gasteiger charge is -2.09. The van der Waals surface area contributed by atoms with Gasteiger partial charge in [-0.2, -0.15) is 5.10 Å². The molecule has 2 rings (SSSR count). The Morgan fingerprint density at radius 1 is 1.31 bits per heavy atom. The molecule has 0 aliphatic heterocycles. The molecule has 0 atom stereocenters. The number of aromatic nitrogens is 2. The lowest BCUT2D eigenvalue weighted by Crippen LogP contribution is -2.00. The second-order valence-corrected chi connectivity index (χ2v) is 3.24. The van der Waals surface area contributed by atoms with E-state index in [9.17, 15) is 0 Å². The van der Waals surface area contributed by atoms with Crippen molar-refractivity contribution in [2.45, 2.75) is 6.61 Å². The number of rotatable bonds is 4. The van der Waals surface area contributed by atoms with Gasteiger partial charge in [0.1, 0.15) is 6.61 Å². The lowest BCUT2D eigenvalue weighted by atomic mass is 10.3. The average molecular weight is 219 g/mol. The third-order valence-electron chi connectivity index (χ3n) is 2.19. The topological polar surface area (TPSA) is 73.2 Å². The summed E-state index contributed by atoms with van der Waals surface area (Å²) in [4.78, 5) is 0. The Kier molecular flexibility index (Phi) is 2.95. The summed E-state index contributed by atoms with van der Waals surface area (Å²) in [5.41, 5.74) is 7.02. The van der Waals surface area contributed by atoms with Gasteiger partial charge in [-0.3, -0.25) is 5.10 Å². The summed E-state index contributed by atoms with van der Waals surface area (Å²) in [5.74, 6) is 1.37. The highest BCUT2D eigenvalue weighted by atomic mass is 16.5. The lowest BCUT2D eigenvalue weighted by molar-refractivity contribution is 0.281. The molecular formula is C11H13N3O2. The van der Waals surface area contributed by atoms with Crippen LogP contribution in [0, 0.1) is 0 Å². The van der Waals surface area contributed by atoms with Crippen molar-refractivity contribution in [1.82, 2.24) is 10.2 Å². The SMILES string of the molecule is COc1ccccc1OCc1[nH]ncc1N. The first-order valence-corrected chi connectivity index (χ1v) is 4.85. The average Bonchev–Trinajstić information content (AvgIpc) is 2.72. The fraction of sp³-hybridized carbons (Fsp3) is 0.182. The van der Waals surface area contributed by atoms with Gasteiger partial charge >= 0.3 is 0 Å². The summed E-state index contributed by atoms with van der Waals surface area (Å²) in [6.07, 6.45) is 1.56. The molecule has 0 saturated carbocycles. The zero-order valence-electron chi connectivity index (χ0n) is 8.93. The van der Waals surface area contributed by atoms with Gasteiger partial charge in [0, 0.05) is 0 Å². The summed E-state index contributed by atoms with van der Waals surface area (Å²) in [5, 5.41) is 6.59. The number of aromatic amines is 1. The number of nitrogens with two attached hydrogens (primary N) is 1. The molecule has 0 bridgehead atoms. The molecule has 1 aromatic heterocycles. The van der Waals surface area contributed by atoms with Crippen LogP contribution in [0.1, 0.15) is 5.69 Å². The molecule has 84 valence electrons. The van der Waals surface area contributed by atoms with E-state index in [1.807, 2.05) is 24.3 Å². The van der Waals surface area contributed by atoms with Gasteiger partial charge in [0.25, 0.3) is 0 Å². The highest BCUT2D eigenvalue weighted by molar-refractivity contribution is 5.42. The number of hydrogen-bond acceptors (Lipinski definition) is 4. The smallest absolute Gasteiger partial charge is 0.161 e. The summed E-state index contributed by atoms with van der Waals surface area (Å²) in [6, 6.07) is 7.45. The third kappa shape index (κ3) is 2.08. The van der Waals surface area contributed by atoms with Gasteiger partial charge in [-0.15, -0.1) is 0 Å². The third-order valence-corrected chi connectivity index (χ3v) is 2.19. The molecule has 2 aromatic rings. The van der Waals surface area contributed by atoms with E-state index in [1.54, 1.807) is 13.3 Å². The van der Waals surface area contributed by atoms with Crippen LogP contribution < -0.4 is 15.2 Å². The minimum Gasteiger partial charge on any atom is -0.493 e. The number of para-hydroxylation sites is 2. The Hall–Kier alpha value is -2.17. The van der Waals surface area contributed by atoms with Crippen LogP contribution in [-0.2, 0) is 6.61 Å². The normalized spacial score (nSPS) is 10.1. The van der Waals surface area contributed by atoms with E-state index in [0.29, 0.717) is 23.8 Å². The molecule has 1 heterocycles. The number of H-pyrrole nitrogens is 1. The summed E-state index contributed by atoms with van der Waals surface area (Å²) in [6.45, 7) is 0.339. The first kappa shape index (κ1) is 10.4. The first-order valence-electron chi connectivity index (χ1n) is 4.85. The number of benzene rings is 1. The molecule has 16 heavy (non-hydrogen) atoms.